The number of fused-ring (bicyclic) bond motifs is 2. The first-order chi connectivity index (χ1) is 12.1. The Morgan fingerprint density at radius 2 is 2.12 bits per heavy atom. The Bertz CT molecular complexity index is 1040. The Kier molecular flexibility index (Phi) is 3.64. The molecule has 25 heavy (non-hydrogen) atoms. The van der Waals surface area contributed by atoms with E-state index in [1.54, 1.807) is 24.4 Å². The van der Waals surface area contributed by atoms with Gasteiger partial charge in [0.25, 0.3) is 6.43 Å². The van der Waals surface area contributed by atoms with Gasteiger partial charge in [0, 0.05) is 18.1 Å². The molecule has 0 unspecified atom stereocenters. The molecule has 126 valence electrons. The van der Waals surface area contributed by atoms with E-state index in [-0.39, 0.29) is 18.2 Å². The number of amides is 1. The molecule has 8 heteroatoms. The molecule has 0 fully saturated rings. The summed E-state index contributed by atoms with van der Waals surface area (Å²) in [5.41, 5.74) is 2.79. The van der Waals surface area contributed by atoms with Crippen molar-refractivity contribution in [2.45, 2.75) is 12.8 Å². The second-order valence-electron chi connectivity index (χ2n) is 5.58. The summed E-state index contributed by atoms with van der Waals surface area (Å²) in [5.74, 6) is -0.625. The van der Waals surface area contributed by atoms with Crippen LogP contribution in [0.25, 0.3) is 16.7 Å². The Hall–Kier alpha value is -3.29. The van der Waals surface area contributed by atoms with Crippen molar-refractivity contribution in [2.24, 2.45) is 0 Å². The molecular formula is C17H13F2N5O. The maximum atomic E-state index is 12.7. The van der Waals surface area contributed by atoms with Crippen molar-refractivity contribution in [1.82, 2.24) is 19.4 Å². The minimum atomic E-state index is -2.67. The second-order valence-corrected chi connectivity index (χ2v) is 5.58. The molecule has 0 aliphatic heterocycles. The fraction of sp³-hybridized carbons (Fsp3) is 0.118. The van der Waals surface area contributed by atoms with Gasteiger partial charge in [-0.25, -0.2) is 18.7 Å². The Morgan fingerprint density at radius 1 is 1.24 bits per heavy atom. The van der Waals surface area contributed by atoms with Crippen LogP contribution in [-0.4, -0.2) is 25.3 Å². The Labute approximate surface area is 140 Å². The summed E-state index contributed by atoms with van der Waals surface area (Å²) in [5, 5.41) is 2.74. The van der Waals surface area contributed by atoms with Gasteiger partial charge in [0.05, 0.1) is 23.1 Å². The molecule has 0 bridgehead atoms. The first-order valence-electron chi connectivity index (χ1n) is 7.59. The van der Waals surface area contributed by atoms with Crippen molar-refractivity contribution in [3.05, 3.63) is 60.3 Å². The molecule has 6 nitrogen and oxygen atoms in total. The van der Waals surface area contributed by atoms with Crippen LogP contribution < -0.4 is 5.32 Å². The maximum Gasteiger partial charge on any atom is 0.295 e. The quantitative estimate of drug-likeness (QED) is 0.598. The van der Waals surface area contributed by atoms with E-state index >= 15 is 0 Å². The van der Waals surface area contributed by atoms with Crippen LogP contribution in [0.2, 0.25) is 0 Å². The van der Waals surface area contributed by atoms with E-state index in [9.17, 15) is 13.6 Å². The number of aromatic nitrogens is 4. The molecule has 4 aromatic rings. The van der Waals surface area contributed by atoms with Crippen molar-refractivity contribution in [3.63, 3.8) is 0 Å². The third kappa shape index (κ3) is 3.06. The predicted octanol–water partition coefficient (Wildman–Crippen LogP) is 3.33. The molecule has 0 saturated carbocycles. The lowest BCUT2D eigenvalue weighted by atomic mass is 10.2. The van der Waals surface area contributed by atoms with E-state index in [1.165, 1.54) is 0 Å². The second kappa shape index (κ2) is 5.97. The fourth-order valence-electron chi connectivity index (χ4n) is 2.65. The summed E-state index contributed by atoms with van der Waals surface area (Å²) in [6.45, 7) is 0. The van der Waals surface area contributed by atoms with Crippen molar-refractivity contribution in [2.75, 3.05) is 5.32 Å². The number of benzene rings is 1. The van der Waals surface area contributed by atoms with Crippen molar-refractivity contribution < 1.29 is 13.6 Å². The number of carbonyl (C=O) groups is 1. The zero-order valence-corrected chi connectivity index (χ0v) is 12.9. The largest absolute Gasteiger partial charge is 0.337 e. The van der Waals surface area contributed by atoms with Gasteiger partial charge in [-0.2, -0.15) is 0 Å². The number of carbonyl (C=O) groups excluding carboxylic acids is 1. The first kappa shape index (κ1) is 15.3. The third-order valence-electron chi connectivity index (χ3n) is 3.75. The van der Waals surface area contributed by atoms with Crippen LogP contribution in [0.1, 0.15) is 17.9 Å². The lowest BCUT2D eigenvalue weighted by Gasteiger charge is -2.03. The number of aromatic amines is 1. The molecule has 0 atom stereocenters. The molecular weight excluding hydrogens is 328 g/mol. The highest BCUT2D eigenvalue weighted by molar-refractivity contribution is 5.94. The molecule has 4 rings (SSSR count). The maximum absolute atomic E-state index is 12.7. The SMILES string of the molecule is O=C(Cc1cn2ccccc2n1)Nc1ccc2nc(C(F)F)[nH]c2c1. The molecule has 0 saturated heterocycles. The van der Waals surface area contributed by atoms with E-state index in [4.69, 9.17) is 0 Å². The van der Waals surface area contributed by atoms with E-state index < -0.39 is 6.43 Å². The van der Waals surface area contributed by atoms with Gasteiger partial charge in [-0.15, -0.1) is 0 Å². The van der Waals surface area contributed by atoms with Crippen molar-refractivity contribution in [3.8, 4) is 0 Å². The molecule has 3 heterocycles. The number of alkyl halides is 2. The van der Waals surface area contributed by atoms with E-state index in [0.29, 0.717) is 22.4 Å². The van der Waals surface area contributed by atoms with Crippen LogP contribution in [0.5, 0.6) is 0 Å². The standard InChI is InChI=1S/C17H13F2N5O/c18-16(19)17-22-12-5-4-10(7-13(12)23-17)21-15(25)8-11-9-24-6-2-1-3-14(24)20-11/h1-7,9,16H,8H2,(H,21,25)(H,22,23). The van der Waals surface area contributed by atoms with Gasteiger partial charge in [0.1, 0.15) is 5.65 Å². The molecule has 1 amide bonds. The van der Waals surface area contributed by atoms with E-state index in [0.717, 1.165) is 5.65 Å². The number of imidazole rings is 2. The lowest BCUT2D eigenvalue weighted by molar-refractivity contribution is -0.115. The van der Waals surface area contributed by atoms with Crippen LogP contribution in [0.4, 0.5) is 14.5 Å². The van der Waals surface area contributed by atoms with Crippen molar-refractivity contribution in [1.29, 1.82) is 0 Å². The van der Waals surface area contributed by atoms with Gasteiger partial charge in [-0.05, 0) is 30.3 Å². The number of pyridine rings is 1. The number of H-pyrrole nitrogens is 1. The lowest BCUT2D eigenvalue weighted by Crippen LogP contribution is -2.14. The Morgan fingerprint density at radius 3 is 2.92 bits per heavy atom. The highest BCUT2D eigenvalue weighted by Crippen LogP contribution is 2.22. The number of halogens is 2. The van der Waals surface area contributed by atoms with Gasteiger partial charge in [0.2, 0.25) is 5.91 Å². The molecule has 3 aromatic heterocycles. The van der Waals surface area contributed by atoms with Gasteiger partial charge >= 0.3 is 0 Å². The van der Waals surface area contributed by atoms with Crippen LogP contribution in [0.3, 0.4) is 0 Å². The summed E-state index contributed by atoms with van der Waals surface area (Å²) in [6.07, 6.45) is 1.10. The van der Waals surface area contributed by atoms with Crippen LogP contribution in [0, 0.1) is 0 Å². The summed E-state index contributed by atoms with van der Waals surface area (Å²) in [7, 11) is 0. The summed E-state index contributed by atoms with van der Waals surface area (Å²) >= 11 is 0. The normalized spacial score (nSPS) is 11.5. The van der Waals surface area contributed by atoms with Crippen LogP contribution in [0.15, 0.2) is 48.8 Å². The van der Waals surface area contributed by atoms with Crippen LogP contribution in [-0.2, 0) is 11.2 Å². The minimum Gasteiger partial charge on any atom is -0.337 e. The van der Waals surface area contributed by atoms with Crippen molar-refractivity contribution >= 4 is 28.3 Å². The van der Waals surface area contributed by atoms with Gasteiger partial charge < -0.3 is 14.7 Å². The molecule has 0 aliphatic rings. The number of nitrogens with zero attached hydrogens (tertiary/aromatic N) is 3. The highest BCUT2D eigenvalue weighted by atomic mass is 19.3. The highest BCUT2D eigenvalue weighted by Gasteiger charge is 2.13. The molecule has 2 N–H and O–H groups in total. The number of anilines is 1. The molecule has 1 aromatic carbocycles. The topological polar surface area (TPSA) is 75.1 Å². The van der Waals surface area contributed by atoms with Crippen LogP contribution >= 0.6 is 0 Å². The van der Waals surface area contributed by atoms with Gasteiger partial charge in [0.15, 0.2) is 5.82 Å². The Balaban J connectivity index is 1.50. The average molecular weight is 341 g/mol. The van der Waals surface area contributed by atoms with Gasteiger partial charge in [-0.3, -0.25) is 4.79 Å². The molecule has 0 aliphatic carbocycles. The predicted molar refractivity (Wildman–Crippen MR) is 88.6 cm³/mol. The average Bonchev–Trinajstić information content (AvgIpc) is 3.17. The molecule has 0 radical (unpaired) electrons. The summed E-state index contributed by atoms with van der Waals surface area (Å²) in [6, 6.07) is 10.4. The van der Waals surface area contributed by atoms with E-state index in [2.05, 4.69) is 20.3 Å². The number of hydrogen-bond acceptors (Lipinski definition) is 3. The zero-order valence-electron chi connectivity index (χ0n) is 12.9. The van der Waals surface area contributed by atoms with Gasteiger partial charge in [-0.1, -0.05) is 6.07 Å². The van der Waals surface area contributed by atoms with E-state index in [1.807, 2.05) is 28.8 Å². The third-order valence-corrected chi connectivity index (χ3v) is 3.75. The summed E-state index contributed by atoms with van der Waals surface area (Å²) < 4.78 is 27.2. The minimum absolute atomic E-state index is 0.116. The number of hydrogen-bond donors (Lipinski definition) is 2. The first-order valence-corrected chi connectivity index (χ1v) is 7.59. The fourth-order valence-corrected chi connectivity index (χ4v) is 2.65. The monoisotopic (exact) mass is 341 g/mol. The summed E-state index contributed by atoms with van der Waals surface area (Å²) in [4.78, 5) is 22.9. The number of nitrogens with one attached hydrogen (secondary N) is 2. The number of rotatable bonds is 4. The molecule has 0 spiro atoms. The smallest absolute Gasteiger partial charge is 0.295 e. The zero-order chi connectivity index (χ0) is 17.4.